The summed E-state index contributed by atoms with van der Waals surface area (Å²) in [6.07, 6.45) is 3.37. The predicted molar refractivity (Wildman–Crippen MR) is 74.6 cm³/mol. The molecule has 0 unspecified atom stereocenters. The zero-order valence-electron chi connectivity index (χ0n) is 11.4. The number of nitrogens with one attached hydrogen (secondary N) is 1. The lowest BCUT2D eigenvalue weighted by Crippen LogP contribution is -2.35. The van der Waals surface area contributed by atoms with Crippen molar-refractivity contribution in [2.45, 2.75) is 24.8 Å². The first kappa shape index (κ1) is 12.9. The van der Waals surface area contributed by atoms with E-state index >= 15 is 0 Å². The van der Waals surface area contributed by atoms with Crippen molar-refractivity contribution in [3.63, 3.8) is 0 Å². The lowest BCUT2D eigenvalue weighted by atomic mass is 9.94. The molecule has 0 atom stereocenters. The van der Waals surface area contributed by atoms with Crippen molar-refractivity contribution in [1.82, 2.24) is 9.88 Å². The molecule has 0 spiro atoms. The molecule has 104 valence electrons. The normalized spacial score (nSPS) is 15.9. The lowest BCUT2D eigenvalue weighted by Gasteiger charge is -2.16. The molecule has 3 rings (SSSR count). The van der Waals surface area contributed by atoms with Crippen LogP contribution in [0.3, 0.4) is 0 Å². The van der Waals surface area contributed by atoms with Gasteiger partial charge in [-0.2, -0.15) is 0 Å². The van der Waals surface area contributed by atoms with E-state index in [2.05, 4.69) is 5.32 Å². The Hall–Kier alpha value is -2.10. The highest BCUT2D eigenvalue weighted by Gasteiger charge is 2.52. The first-order chi connectivity index (χ1) is 9.63. The Balaban J connectivity index is 1.74. The van der Waals surface area contributed by atoms with Crippen LogP contribution in [0, 0.1) is 5.82 Å². The maximum absolute atomic E-state index is 13.9. The van der Waals surface area contributed by atoms with Gasteiger partial charge in [-0.05, 0) is 31.0 Å². The van der Waals surface area contributed by atoms with Gasteiger partial charge >= 0.3 is 0 Å². The molecule has 20 heavy (non-hydrogen) atoms. The van der Waals surface area contributed by atoms with Crippen LogP contribution < -0.4 is 5.32 Å². The van der Waals surface area contributed by atoms with E-state index in [0.717, 1.165) is 5.69 Å². The fourth-order valence-electron chi connectivity index (χ4n) is 2.61. The maximum Gasteiger partial charge on any atom is 0.231 e. The van der Waals surface area contributed by atoms with Crippen LogP contribution in [0.15, 0.2) is 42.6 Å². The number of amides is 1. The Kier molecular flexibility index (Phi) is 3.08. The molecule has 0 bridgehead atoms. The zero-order chi connectivity index (χ0) is 14.2. The third kappa shape index (κ3) is 2.11. The van der Waals surface area contributed by atoms with Gasteiger partial charge < -0.3 is 9.88 Å². The van der Waals surface area contributed by atoms with Gasteiger partial charge in [-0.15, -0.1) is 0 Å². The minimum Gasteiger partial charge on any atom is -0.353 e. The van der Waals surface area contributed by atoms with Crippen LogP contribution in [0.2, 0.25) is 0 Å². The van der Waals surface area contributed by atoms with Gasteiger partial charge in [0.05, 0.1) is 12.0 Å². The van der Waals surface area contributed by atoms with Gasteiger partial charge in [0.25, 0.3) is 0 Å². The fourth-order valence-corrected chi connectivity index (χ4v) is 2.61. The Morgan fingerprint density at radius 2 is 2.05 bits per heavy atom. The number of carbonyl (C=O) groups excluding carboxylic acids is 1. The fraction of sp³-hybridized carbons (Fsp3) is 0.312. The van der Waals surface area contributed by atoms with Gasteiger partial charge in [-0.1, -0.05) is 18.2 Å². The Morgan fingerprint density at radius 1 is 1.30 bits per heavy atom. The second-order valence-corrected chi connectivity index (χ2v) is 5.36. The number of benzene rings is 1. The van der Waals surface area contributed by atoms with E-state index < -0.39 is 5.41 Å². The standard InChI is InChI=1S/C16H17FN2O/c1-19-10-4-5-12(19)11-18-15(20)16(8-9-16)13-6-2-3-7-14(13)17/h2-7,10H,8-9,11H2,1H3,(H,18,20). The number of hydrogen-bond acceptors (Lipinski definition) is 1. The molecule has 1 heterocycles. The molecule has 1 N–H and O–H groups in total. The van der Waals surface area contributed by atoms with E-state index in [0.29, 0.717) is 24.9 Å². The first-order valence-corrected chi connectivity index (χ1v) is 6.77. The minimum atomic E-state index is -0.656. The molecule has 4 heteroatoms. The van der Waals surface area contributed by atoms with Crippen molar-refractivity contribution in [2.75, 3.05) is 0 Å². The predicted octanol–water partition coefficient (Wildman–Crippen LogP) is 2.51. The van der Waals surface area contributed by atoms with Crippen LogP contribution in [-0.2, 0) is 23.8 Å². The van der Waals surface area contributed by atoms with E-state index in [1.807, 2.05) is 29.9 Å². The average Bonchev–Trinajstić information content (AvgIpc) is 3.15. The highest BCUT2D eigenvalue weighted by molar-refractivity contribution is 5.91. The number of halogens is 1. The first-order valence-electron chi connectivity index (χ1n) is 6.77. The maximum atomic E-state index is 13.9. The van der Waals surface area contributed by atoms with Gasteiger partial charge in [0, 0.05) is 24.5 Å². The number of aryl methyl sites for hydroxylation is 1. The van der Waals surface area contributed by atoms with Gasteiger partial charge in [0.2, 0.25) is 5.91 Å². The molecule has 0 saturated heterocycles. The van der Waals surface area contributed by atoms with E-state index in [4.69, 9.17) is 0 Å². The third-order valence-corrected chi connectivity index (χ3v) is 4.06. The number of carbonyl (C=O) groups is 1. The van der Waals surface area contributed by atoms with Crippen LogP contribution in [0.5, 0.6) is 0 Å². The molecule has 2 aromatic rings. The van der Waals surface area contributed by atoms with Crippen molar-refractivity contribution in [2.24, 2.45) is 7.05 Å². The molecule has 1 saturated carbocycles. The molecule has 1 aliphatic rings. The summed E-state index contributed by atoms with van der Waals surface area (Å²) in [5.74, 6) is -0.372. The van der Waals surface area contributed by atoms with Gasteiger partial charge in [0.15, 0.2) is 0 Å². The van der Waals surface area contributed by atoms with Gasteiger partial charge in [-0.3, -0.25) is 4.79 Å². The van der Waals surface area contributed by atoms with Gasteiger partial charge in [0.1, 0.15) is 5.82 Å². The third-order valence-electron chi connectivity index (χ3n) is 4.06. The monoisotopic (exact) mass is 272 g/mol. The average molecular weight is 272 g/mol. The topological polar surface area (TPSA) is 34.0 Å². The van der Waals surface area contributed by atoms with E-state index in [1.165, 1.54) is 6.07 Å². The highest BCUT2D eigenvalue weighted by atomic mass is 19.1. The van der Waals surface area contributed by atoms with Crippen molar-refractivity contribution < 1.29 is 9.18 Å². The Labute approximate surface area is 117 Å². The summed E-state index contributed by atoms with van der Waals surface area (Å²) >= 11 is 0. The smallest absolute Gasteiger partial charge is 0.231 e. The summed E-state index contributed by atoms with van der Waals surface area (Å²) in [5, 5.41) is 2.93. The summed E-state index contributed by atoms with van der Waals surface area (Å²) in [7, 11) is 1.94. The second-order valence-electron chi connectivity index (χ2n) is 5.36. The molecule has 3 nitrogen and oxygen atoms in total. The van der Waals surface area contributed by atoms with Crippen LogP contribution in [0.4, 0.5) is 4.39 Å². The summed E-state index contributed by atoms with van der Waals surface area (Å²) in [6.45, 7) is 0.471. The lowest BCUT2D eigenvalue weighted by molar-refractivity contribution is -0.123. The summed E-state index contributed by atoms with van der Waals surface area (Å²) in [5.41, 5.74) is 0.892. The number of nitrogens with zero attached hydrogens (tertiary/aromatic N) is 1. The molecular weight excluding hydrogens is 255 g/mol. The SMILES string of the molecule is Cn1cccc1CNC(=O)C1(c2ccccc2F)CC1. The largest absolute Gasteiger partial charge is 0.353 e. The highest BCUT2D eigenvalue weighted by Crippen LogP contribution is 2.49. The van der Waals surface area contributed by atoms with Crippen molar-refractivity contribution in [1.29, 1.82) is 0 Å². The van der Waals surface area contributed by atoms with Crippen LogP contribution in [0.25, 0.3) is 0 Å². The molecule has 1 aromatic heterocycles. The quantitative estimate of drug-likeness (QED) is 0.911. The van der Waals surface area contributed by atoms with Crippen LogP contribution >= 0.6 is 0 Å². The van der Waals surface area contributed by atoms with E-state index in [1.54, 1.807) is 18.2 Å². The second kappa shape index (κ2) is 4.78. The van der Waals surface area contributed by atoms with E-state index in [9.17, 15) is 9.18 Å². The van der Waals surface area contributed by atoms with E-state index in [-0.39, 0.29) is 11.7 Å². The number of rotatable bonds is 4. The molecule has 0 aliphatic heterocycles. The molecule has 0 radical (unpaired) electrons. The Morgan fingerprint density at radius 3 is 2.65 bits per heavy atom. The van der Waals surface area contributed by atoms with Crippen molar-refractivity contribution >= 4 is 5.91 Å². The Bertz CT molecular complexity index is 643. The van der Waals surface area contributed by atoms with Crippen LogP contribution in [0.1, 0.15) is 24.1 Å². The van der Waals surface area contributed by atoms with Crippen molar-refractivity contribution in [3.8, 4) is 0 Å². The summed E-state index contributed by atoms with van der Waals surface area (Å²) in [4.78, 5) is 12.4. The summed E-state index contributed by atoms with van der Waals surface area (Å²) < 4.78 is 15.8. The van der Waals surface area contributed by atoms with Crippen LogP contribution in [-0.4, -0.2) is 10.5 Å². The zero-order valence-corrected chi connectivity index (χ0v) is 11.4. The summed E-state index contributed by atoms with van der Waals surface area (Å²) in [6, 6.07) is 10.5. The number of aromatic nitrogens is 1. The molecule has 1 fully saturated rings. The van der Waals surface area contributed by atoms with Crippen molar-refractivity contribution in [3.05, 3.63) is 59.7 Å². The molecule has 1 amide bonds. The molecular formula is C16H17FN2O. The molecule has 1 aromatic carbocycles. The minimum absolute atomic E-state index is 0.0798. The molecule has 1 aliphatic carbocycles. The number of hydrogen-bond donors (Lipinski definition) is 1. The van der Waals surface area contributed by atoms with Gasteiger partial charge in [-0.25, -0.2) is 4.39 Å².